The Morgan fingerprint density at radius 1 is 0.857 bits per heavy atom. The fourth-order valence-corrected chi connectivity index (χ4v) is 4.54. The lowest BCUT2D eigenvalue weighted by Crippen LogP contribution is -2.50. The van der Waals surface area contributed by atoms with Gasteiger partial charge in [0.05, 0.1) is 0 Å². The summed E-state index contributed by atoms with van der Waals surface area (Å²) in [5, 5.41) is 3.03. The van der Waals surface area contributed by atoms with Gasteiger partial charge >= 0.3 is 0 Å². The first-order chi connectivity index (χ1) is 17.0. The quantitative estimate of drug-likeness (QED) is 0.304. The Labute approximate surface area is 217 Å². The largest absolute Gasteiger partial charge is 0.354 e. The first kappa shape index (κ1) is 26.7. The van der Waals surface area contributed by atoms with E-state index in [1.54, 1.807) is 4.90 Å². The van der Waals surface area contributed by atoms with E-state index < -0.39 is 6.04 Å². The maximum absolute atomic E-state index is 13.7. The fourth-order valence-electron chi connectivity index (χ4n) is 4.09. The van der Waals surface area contributed by atoms with Crippen molar-refractivity contribution < 1.29 is 9.59 Å². The normalized spacial score (nSPS) is 11.6. The number of amides is 2. The molecule has 2 amide bonds. The van der Waals surface area contributed by atoms with Gasteiger partial charge in [-0.1, -0.05) is 96.5 Å². The molecule has 1 N–H and O–H groups in total. The maximum Gasteiger partial charge on any atom is 0.243 e. The Kier molecular flexibility index (Phi) is 10.5. The Morgan fingerprint density at radius 2 is 1.54 bits per heavy atom. The highest BCUT2D eigenvalue weighted by Gasteiger charge is 2.30. The van der Waals surface area contributed by atoms with Crippen LogP contribution in [-0.2, 0) is 35.4 Å². The average Bonchev–Trinajstić information content (AvgIpc) is 2.88. The highest BCUT2D eigenvalue weighted by molar-refractivity contribution is 9.10. The van der Waals surface area contributed by atoms with Crippen molar-refractivity contribution in [3.05, 3.63) is 106 Å². The standard InChI is InChI=1S/C30H35BrN2O2/c1-3-19-32-30(35)28(21-25-9-6-5-7-10-25)33(22-26-11-8-12-27(31)20-26)29(34)18-17-24-15-13-23(4-2)14-16-24/h5-16,20,28H,3-4,17-19,21-22H2,1-2H3,(H,32,35)/t28-/m0/s1. The van der Waals surface area contributed by atoms with Crippen molar-refractivity contribution in [2.75, 3.05) is 6.54 Å². The van der Waals surface area contributed by atoms with E-state index in [9.17, 15) is 9.59 Å². The van der Waals surface area contributed by atoms with Crippen LogP contribution in [0, 0.1) is 0 Å². The molecule has 0 bridgehead atoms. The minimum Gasteiger partial charge on any atom is -0.354 e. The van der Waals surface area contributed by atoms with Crippen molar-refractivity contribution in [2.45, 2.75) is 58.5 Å². The van der Waals surface area contributed by atoms with Crippen LogP contribution in [0.3, 0.4) is 0 Å². The molecule has 0 unspecified atom stereocenters. The van der Waals surface area contributed by atoms with E-state index in [1.807, 2.05) is 61.5 Å². The molecule has 3 aromatic rings. The Hall–Kier alpha value is -2.92. The van der Waals surface area contributed by atoms with Crippen molar-refractivity contribution in [3.8, 4) is 0 Å². The molecule has 0 aliphatic carbocycles. The molecule has 0 aliphatic rings. The van der Waals surface area contributed by atoms with Crippen LogP contribution in [0.5, 0.6) is 0 Å². The van der Waals surface area contributed by atoms with Crippen molar-refractivity contribution >= 4 is 27.7 Å². The molecule has 0 saturated heterocycles. The molecule has 0 radical (unpaired) electrons. The zero-order valence-electron chi connectivity index (χ0n) is 20.7. The van der Waals surface area contributed by atoms with Crippen LogP contribution in [-0.4, -0.2) is 29.3 Å². The molecule has 5 heteroatoms. The van der Waals surface area contributed by atoms with Gasteiger partial charge in [0.1, 0.15) is 6.04 Å². The Balaban J connectivity index is 1.87. The number of rotatable bonds is 12. The summed E-state index contributed by atoms with van der Waals surface area (Å²) in [6, 6.07) is 25.7. The topological polar surface area (TPSA) is 49.4 Å². The first-order valence-corrected chi connectivity index (χ1v) is 13.2. The number of carbonyl (C=O) groups is 2. The van der Waals surface area contributed by atoms with E-state index in [4.69, 9.17) is 0 Å². The lowest BCUT2D eigenvalue weighted by Gasteiger charge is -2.31. The molecule has 3 aromatic carbocycles. The van der Waals surface area contributed by atoms with Crippen molar-refractivity contribution in [1.29, 1.82) is 0 Å². The molecule has 0 spiro atoms. The van der Waals surface area contributed by atoms with Gasteiger partial charge in [-0.05, 0) is 53.6 Å². The summed E-state index contributed by atoms with van der Waals surface area (Å²) in [7, 11) is 0. The Morgan fingerprint density at radius 3 is 2.20 bits per heavy atom. The van der Waals surface area contributed by atoms with E-state index in [0.29, 0.717) is 32.4 Å². The van der Waals surface area contributed by atoms with Crippen molar-refractivity contribution in [2.24, 2.45) is 0 Å². The first-order valence-electron chi connectivity index (χ1n) is 12.4. The fraction of sp³-hybridized carbons (Fsp3) is 0.333. The zero-order chi connectivity index (χ0) is 25.0. The van der Waals surface area contributed by atoms with Gasteiger partial charge in [-0.2, -0.15) is 0 Å². The molecule has 0 aliphatic heterocycles. The summed E-state index contributed by atoms with van der Waals surface area (Å²) >= 11 is 3.53. The predicted molar refractivity (Wildman–Crippen MR) is 146 cm³/mol. The molecule has 0 heterocycles. The van der Waals surface area contributed by atoms with E-state index in [-0.39, 0.29) is 11.8 Å². The summed E-state index contributed by atoms with van der Waals surface area (Å²) in [5.74, 6) is -0.122. The predicted octanol–water partition coefficient (Wildman–Crippen LogP) is 6.11. The van der Waals surface area contributed by atoms with E-state index in [1.165, 1.54) is 5.56 Å². The van der Waals surface area contributed by atoms with E-state index in [0.717, 1.165) is 34.0 Å². The lowest BCUT2D eigenvalue weighted by atomic mass is 10.0. The van der Waals surface area contributed by atoms with Gasteiger partial charge in [-0.3, -0.25) is 9.59 Å². The van der Waals surface area contributed by atoms with E-state index >= 15 is 0 Å². The highest BCUT2D eigenvalue weighted by Crippen LogP contribution is 2.19. The molecule has 0 saturated carbocycles. The second-order valence-electron chi connectivity index (χ2n) is 8.82. The SMILES string of the molecule is CCCNC(=O)[C@H](Cc1ccccc1)N(Cc1cccc(Br)c1)C(=O)CCc1ccc(CC)cc1. The number of hydrogen-bond donors (Lipinski definition) is 1. The van der Waals surface area contributed by atoms with Crippen LogP contribution < -0.4 is 5.32 Å². The van der Waals surface area contributed by atoms with Crippen LogP contribution in [0.4, 0.5) is 0 Å². The maximum atomic E-state index is 13.7. The molecular weight excluding hydrogens is 500 g/mol. The van der Waals surface area contributed by atoms with E-state index in [2.05, 4.69) is 52.4 Å². The molecule has 4 nitrogen and oxygen atoms in total. The third kappa shape index (κ3) is 8.36. The second kappa shape index (κ2) is 13.8. The van der Waals surface area contributed by atoms with Gasteiger partial charge in [0.2, 0.25) is 11.8 Å². The molecular formula is C30H35BrN2O2. The second-order valence-corrected chi connectivity index (χ2v) is 9.73. The number of halogens is 1. The lowest BCUT2D eigenvalue weighted by molar-refractivity contribution is -0.141. The minimum absolute atomic E-state index is 0.0166. The number of carbonyl (C=O) groups excluding carboxylic acids is 2. The smallest absolute Gasteiger partial charge is 0.243 e. The summed E-state index contributed by atoms with van der Waals surface area (Å²) in [4.78, 5) is 28.8. The van der Waals surface area contributed by atoms with Crippen LogP contribution in [0.2, 0.25) is 0 Å². The number of nitrogens with one attached hydrogen (secondary N) is 1. The number of nitrogens with zero attached hydrogens (tertiary/aromatic N) is 1. The molecule has 35 heavy (non-hydrogen) atoms. The van der Waals surface area contributed by atoms with Gasteiger partial charge in [0.25, 0.3) is 0 Å². The van der Waals surface area contributed by atoms with Crippen LogP contribution >= 0.6 is 15.9 Å². The van der Waals surface area contributed by atoms with Crippen molar-refractivity contribution in [1.82, 2.24) is 10.2 Å². The van der Waals surface area contributed by atoms with Gasteiger partial charge in [-0.25, -0.2) is 0 Å². The van der Waals surface area contributed by atoms with Crippen LogP contribution in [0.25, 0.3) is 0 Å². The molecule has 0 fully saturated rings. The third-order valence-corrected chi connectivity index (χ3v) is 6.61. The number of hydrogen-bond acceptors (Lipinski definition) is 2. The minimum atomic E-state index is -0.585. The van der Waals surface area contributed by atoms with Gasteiger partial charge in [-0.15, -0.1) is 0 Å². The van der Waals surface area contributed by atoms with Crippen LogP contribution in [0.15, 0.2) is 83.3 Å². The van der Waals surface area contributed by atoms with Gasteiger partial charge < -0.3 is 10.2 Å². The summed E-state index contributed by atoms with van der Waals surface area (Å²) in [6.45, 7) is 5.13. The third-order valence-electron chi connectivity index (χ3n) is 6.12. The Bertz CT molecular complexity index is 1080. The monoisotopic (exact) mass is 534 g/mol. The number of aryl methyl sites for hydroxylation is 2. The average molecular weight is 536 g/mol. The highest BCUT2D eigenvalue weighted by atomic mass is 79.9. The molecule has 184 valence electrons. The zero-order valence-corrected chi connectivity index (χ0v) is 22.3. The number of benzene rings is 3. The summed E-state index contributed by atoms with van der Waals surface area (Å²) in [5.41, 5.74) is 4.44. The molecule has 1 atom stereocenters. The van der Waals surface area contributed by atoms with Gasteiger partial charge in [0, 0.05) is 30.4 Å². The van der Waals surface area contributed by atoms with Gasteiger partial charge in [0.15, 0.2) is 0 Å². The molecule has 0 aromatic heterocycles. The van der Waals surface area contributed by atoms with Crippen LogP contribution in [0.1, 0.15) is 48.9 Å². The van der Waals surface area contributed by atoms with Crippen molar-refractivity contribution in [3.63, 3.8) is 0 Å². The summed E-state index contributed by atoms with van der Waals surface area (Å²) < 4.78 is 0.952. The summed E-state index contributed by atoms with van der Waals surface area (Å²) in [6.07, 6.45) is 3.31. The molecule has 3 rings (SSSR count).